The van der Waals surface area contributed by atoms with Gasteiger partial charge in [-0.1, -0.05) is 32.1 Å². The van der Waals surface area contributed by atoms with Crippen LogP contribution in [0.1, 0.15) is 83.5 Å². The van der Waals surface area contributed by atoms with Crippen LogP contribution >= 0.6 is 0 Å². The van der Waals surface area contributed by atoms with E-state index in [0.29, 0.717) is 25.3 Å². The first-order valence-electron chi connectivity index (χ1n) is 10.9. The Kier molecular flexibility index (Phi) is 7.38. The molecule has 1 amide bonds. The molecule has 3 rings (SSSR count). The van der Waals surface area contributed by atoms with Crippen molar-refractivity contribution in [1.82, 2.24) is 9.21 Å². The van der Waals surface area contributed by atoms with Crippen LogP contribution in [0.3, 0.4) is 0 Å². The molecule has 1 saturated carbocycles. The fourth-order valence-corrected chi connectivity index (χ4v) is 6.94. The third kappa shape index (κ3) is 5.22. The van der Waals surface area contributed by atoms with Gasteiger partial charge in [-0.25, -0.2) is 8.42 Å². The lowest BCUT2D eigenvalue weighted by molar-refractivity contribution is -0.131. The van der Waals surface area contributed by atoms with Crippen LogP contribution in [0.4, 0.5) is 0 Å². The molecule has 2 heterocycles. The molecule has 0 spiro atoms. The number of rotatable bonds is 5. The fraction of sp³-hybridized carbons (Fsp3) is 0.950. The van der Waals surface area contributed by atoms with Gasteiger partial charge in [0.15, 0.2) is 0 Å². The van der Waals surface area contributed by atoms with E-state index >= 15 is 0 Å². The Morgan fingerprint density at radius 2 is 1.46 bits per heavy atom. The van der Waals surface area contributed by atoms with Crippen molar-refractivity contribution >= 4 is 15.9 Å². The van der Waals surface area contributed by atoms with E-state index in [-0.39, 0.29) is 17.7 Å². The van der Waals surface area contributed by atoms with Gasteiger partial charge in [0.2, 0.25) is 15.9 Å². The molecule has 0 radical (unpaired) electrons. The smallest absolute Gasteiger partial charge is 0.222 e. The number of hydrogen-bond donors (Lipinski definition) is 0. The lowest BCUT2D eigenvalue weighted by Crippen LogP contribution is -2.50. The highest BCUT2D eigenvalue weighted by Gasteiger charge is 2.38. The van der Waals surface area contributed by atoms with Crippen molar-refractivity contribution in [2.45, 2.75) is 89.5 Å². The lowest BCUT2D eigenvalue weighted by atomic mass is 9.79. The van der Waals surface area contributed by atoms with Crippen molar-refractivity contribution in [2.24, 2.45) is 5.92 Å². The van der Waals surface area contributed by atoms with Gasteiger partial charge < -0.3 is 4.90 Å². The zero-order valence-corrected chi connectivity index (χ0v) is 17.0. The monoisotopic (exact) mass is 384 g/mol. The standard InChI is InChI=1S/C20H36N2O3S/c23-20(21-14-6-2-1-3-7-15-21)13-9-17-26(24,25)22-16-8-11-18-10-4-5-12-19(18)22/h18-19H,1-17H2. The molecular weight excluding hydrogens is 348 g/mol. The van der Waals surface area contributed by atoms with Crippen molar-refractivity contribution in [1.29, 1.82) is 0 Å². The molecule has 3 aliphatic rings. The SMILES string of the molecule is O=C(CCCS(=O)(=O)N1CCCC2CCCCC21)N1CCCCCCC1. The van der Waals surface area contributed by atoms with E-state index < -0.39 is 10.0 Å². The highest BCUT2D eigenvalue weighted by Crippen LogP contribution is 2.36. The molecule has 2 aliphatic heterocycles. The molecule has 0 aromatic heterocycles. The minimum Gasteiger partial charge on any atom is -0.343 e. The highest BCUT2D eigenvalue weighted by atomic mass is 32.2. The van der Waals surface area contributed by atoms with Gasteiger partial charge in [0.05, 0.1) is 5.75 Å². The summed E-state index contributed by atoms with van der Waals surface area (Å²) < 4.78 is 27.6. The number of amides is 1. The second-order valence-electron chi connectivity index (χ2n) is 8.43. The van der Waals surface area contributed by atoms with Crippen LogP contribution in [0.25, 0.3) is 0 Å². The van der Waals surface area contributed by atoms with Crippen LogP contribution in [-0.4, -0.2) is 55.0 Å². The average molecular weight is 385 g/mol. The molecular formula is C20H36N2O3S. The van der Waals surface area contributed by atoms with E-state index in [2.05, 4.69) is 0 Å². The highest BCUT2D eigenvalue weighted by molar-refractivity contribution is 7.89. The van der Waals surface area contributed by atoms with Crippen LogP contribution in [0, 0.1) is 5.92 Å². The number of likely N-dealkylation sites (tertiary alicyclic amines) is 1. The Morgan fingerprint density at radius 3 is 2.23 bits per heavy atom. The summed E-state index contributed by atoms with van der Waals surface area (Å²) in [4.78, 5) is 14.4. The van der Waals surface area contributed by atoms with Gasteiger partial charge in [0, 0.05) is 32.1 Å². The van der Waals surface area contributed by atoms with Crippen LogP contribution in [-0.2, 0) is 14.8 Å². The van der Waals surface area contributed by atoms with Crippen LogP contribution in [0.2, 0.25) is 0 Å². The van der Waals surface area contributed by atoms with E-state index in [1.165, 1.54) is 38.5 Å². The molecule has 6 heteroatoms. The summed E-state index contributed by atoms with van der Waals surface area (Å²) in [5.74, 6) is 0.849. The van der Waals surface area contributed by atoms with E-state index in [9.17, 15) is 13.2 Å². The Hall–Kier alpha value is -0.620. The summed E-state index contributed by atoms with van der Waals surface area (Å²) >= 11 is 0. The quantitative estimate of drug-likeness (QED) is 0.728. The summed E-state index contributed by atoms with van der Waals surface area (Å²) in [5, 5.41) is 0. The van der Waals surface area contributed by atoms with Gasteiger partial charge in [0.1, 0.15) is 0 Å². The number of carbonyl (C=O) groups excluding carboxylic acids is 1. The van der Waals surface area contributed by atoms with Gasteiger partial charge >= 0.3 is 0 Å². The maximum Gasteiger partial charge on any atom is 0.222 e. The summed E-state index contributed by atoms with van der Waals surface area (Å²) in [6.07, 6.45) is 13.5. The first kappa shape index (κ1) is 20.1. The molecule has 0 N–H and O–H groups in total. The maximum absolute atomic E-state index is 12.9. The van der Waals surface area contributed by atoms with E-state index in [1.54, 1.807) is 4.31 Å². The minimum atomic E-state index is -3.23. The Balaban J connectivity index is 1.48. The number of piperidine rings is 1. The number of hydrogen-bond acceptors (Lipinski definition) is 3. The van der Waals surface area contributed by atoms with Gasteiger partial charge in [0.25, 0.3) is 0 Å². The molecule has 0 bridgehead atoms. The third-order valence-corrected chi connectivity index (χ3v) is 8.52. The van der Waals surface area contributed by atoms with Crippen molar-refractivity contribution in [3.05, 3.63) is 0 Å². The summed E-state index contributed by atoms with van der Waals surface area (Å²) in [6.45, 7) is 2.38. The van der Waals surface area contributed by atoms with Crippen LogP contribution in [0.5, 0.6) is 0 Å². The van der Waals surface area contributed by atoms with Gasteiger partial charge in [-0.2, -0.15) is 4.31 Å². The third-order valence-electron chi connectivity index (χ3n) is 6.55. The van der Waals surface area contributed by atoms with Gasteiger partial charge in [-0.05, 0) is 50.9 Å². The van der Waals surface area contributed by atoms with E-state index in [4.69, 9.17) is 0 Å². The second kappa shape index (κ2) is 9.54. The van der Waals surface area contributed by atoms with Crippen molar-refractivity contribution in [3.63, 3.8) is 0 Å². The zero-order chi connectivity index (χ0) is 18.4. The van der Waals surface area contributed by atoms with E-state index in [1.807, 2.05) is 4.90 Å². The first-order valence-corrected chi connectivity index (χ1v) is 12.5. The summed E-state index contributed by atoms with van der Waals surface area (Å²) in [7, 11) is -3.23. The normalized spacial score (nSPS) is 28.8. The molecule has 2 atom stereocenters. The topological polar surface area (TPSA) is 57.7 Å². The predicted octanol–water partition coefficient (Wildman–Crippen LogP) is 3.54. The molecule has 3 fully saturated rings. The predicted molar refractivity (Wildman–Crippen MR) is 104 cm³/mol. The fourth-order valence-electron chi connectivity index (χ4n) is 5.10. The summed E-state index contributed by atoms with van der Waals surface area (Å²) in [5.41, 5.74) is 0. The Labute approximate surface area is 159 Å². The van der Waals surface area contributed by atoms with Crippen molar-refractivity contribution < 1.29 is 13.2 Å². The minimum absolute atomic E-state index is 0.135. The van der Waals surface area contributed by atoms with Crippen molar-refractivity contribution in [2.75, 3.05) is 25.4 Å². The number of sulfonamides is 1. The van der Waals surface area contributed by atoms with Gasteiger partial charge in [-0.3, -0.25) is 4.79 Å². The van der Waals surface area contributed by atoms with Crippen molar-refractivity contribution in [3.8, 4) is 0 Å². The molecule has 2 saturated heterocycles. The molecule has 0 aromatic carbocycles. The number of nitrogens with zero attached hydrogens (tertiary/aromatic N) is 2. The van der Waals surface area contributed by atoms with Crippen LogP contribution in [0.15, 0.2) is 0 Å². The van der Waals surface area contributed by atoms with Gasteiger partial charge in [-0.15, -0.1) is 0 Å². The zero-order valence-electron chi connectivity index (χ0n) is 16.2. The number of carbonyl (C=O) groups is 1. The Bertz CT molecular complexity index is 553. The molecule has 150 valence electrons. The number of fused-ring (bicyclic) bond motifs is 1. The molecule has 1 aliphatic carbocycles. The summed E-state index contributed by atoms with van der Waals surface area (Å²) in [6, 6.07) is 0.229. The average Bonchev–Trinajstić information content (AvgIpc) is 2.60. The molecule has 5 nitrogen and oxygen atoms in total. The van der Waals surface area contributed by atoms with Crippen LogP contribution < -0.4 is 0 Å². The largest absolute Gasteiger partial charge is 0.343 e. The Morgan fingerprint density at radius 1 is 0.808 bits per heavy atom. The molecule has 26 heavy (non-hydrogen) atoms. The second-order valence-corrected chi connectivity index (χ2v) is 10.5. The maximum atomic E-state index is 12.9. The first-order chi connectivity index (χ1) is 12.6. The molecule has 0 aromatic rings. The van der Waals surface area contributed by atoms with E-state index in [0.717, 1.165) is 45.2 Å². The lowest BCUT2D eigenvalue weighted by Gasteiger charge is -2.43. The molecule has 2 unspecified atom stereocenters.